The molecule has 0 saturated carbocycles. The zero-order chi connectivity index (χ0) is 22.1. The second-order valence-corrected chi connectivity index (χ2v) is 8.74. The summed E-state index contributed by atoms with van der Waals surface area (Å²) in [5, 5.41) is 10.7. The van der Waals surface area contributed by atoms with E-state index in [4.69, 9.17) is 4.74 Å². The Kier molecular flexibility index (Phi) is 5.78. The third-order valence-electron chi connectivity index (χ3n) is 5.68. The predicted octanol–water partition coefficient (Wildman–Crippen LogP) is 5.27. The van der Waals surface area contributed by atoms with Crippen molar-refractivity contribution < 1.29 is 19.4 Å². The Morgan fingerprint density at radius 3 is 2.55 bits per heavy atom. The molecule has 3 aromatic rings. The molecule has 160 valence electrons. The lowest BCUT2D eigenvalue weighted by atomic mass is 9.95. The van der Waals surface area contributed by atoms with Crippen molar-refractivity contribution >= 4 is 35.2 Å². The molecule has 0 bridgehead atoms. The summed E-state index contributed by atoms with van der Waals surface area (Å²) < 4.78 is 6.75. The number of carbonyl (C=O) groups is 2. The summed E-state index contributed by atoms with van der Waals surface area (Å²) in [7, 11) is 1.35. The molecule has 0 amide bonds. The standard InChI is InChI=1S/C24H24N2O4S/c1-14-12-17(13-25-18-10-8-16(9-11-18)24(29)30-3)15(2)26(14)22-21(23(27)28)19-6-4-5-7-20(19)31-22/h8-13H,4-7H2,1-3H3,(H,27,28). The molecule has 0 spiro atoms. The van der Waals surface area contributed by atoms with Crippen LogP contribution in [0.2, 0.25) is 0 Å². The van der Waals surface area contributed by atoms with E-state index in [1.807, 2.05) is 24.5 Å². The van der Waals surface area contributed by atoms with Gasteiger partial charge in [0, 0.05) is 28.0 Å². The molecule has 7 heteroatoms. The van der Waals surface area contributed by atoms with Crippen LogP contribution in [-0.4, -0.2) is 34.9 Å². The highest BCUT2D eigenvalue weighted by Crippen LogP contribution is 2.38. The van der Waals surface area contributed by atoms with Crippen LogP contribution < -0.4 is 0 Å². The lowest BCUT2D eigenvalue weighted by Gasteiger charge is -2.11. The van der Waals surface area contributed by atoms with Crippen molar-refractivity contribution in [2.45, 2.75) is 39.5 Å². The minimum Gasteiger partial charge on any atom is -0.478 e. The van der Waals surface area contributed by atoms with Gasteiger partial charge in [0.25, 0.3) is 0 Å². The first-order valence-corrected chi connectivity index (χ1v) is 11.0. The number of nitrogens with zero attached hydrogens (tertiary/aromatic N) is 2. The Bertz CT molecular complexity index is 1190. The van der Waals surface area contributed by atoms with Gasteiger partial charge in [0.05, 0.1) is 23.9 Å². The van der Waals surface area contributed by atoms with Crippen LogP contribution >= 0.6 is 11.3 Å². The average Bonchev–Trinajstić information content (AvgIpc) is 3.28. The third kappa shape index (κ3) is 3.93. The van der Waals surface area contributed by atoms with E-state index in [-0.39, 0.29) is 5.97 Å². The number of fused-ring (bicyclic) bond motifs is 1. The fourth-order valence-electron chi connectivity index (χ4n) is 4.11. The highest BCUT2D eigenvalue weighted by Gasteiger charge is 2.27. The maximum atomic E-state index is 12.1. The lowest BCUT2D eigenvalue weighted by Crippen LogP contribution is -2.09. The Hall–Kier alpha value is -3.19. The van der Waals surface area contributed by atoms with Crippen molar-refractivity contribution in [2.24, 2.45) is 4.99 Å². The summed E-state index contributed by atoms with van der Waals surface area (Å²) in [5.41, 5.74) is 5.50. The zero-order valence-electron chi connectivity index (χ0n) is 17.8. The Labute approximate surface area is 184 Å². The molecule has 0 fully saturated rings. The number of thiophene rings is 1. The van der Waals surface area contributed by atoms with Crippen molar-refractivity contribution in [3.8, 4) is 5.00 Å². The first kappa shape index (κ1) is 21.1. The number of ether oxygens (including phenoxy) is 1. The molecule has 0 radical (unpaired) electrons. The van der Waals surface area contributed by atoms with Crippen molar-refractivity contribution in [3.63, 3.8) is 0 Å². The molecule has 1 aromatic carbocycles. The highest BCUT2D eigenvalue weighted by molar-refractivity contribution is 7.15. The summed E-state index contributed by atoms with van der Waals surface area (Å²) in [6.07, 6.45) is 5.72. The molecule has 6 nitrogen and oxygen atoms in total. The number of benzene rings is 1. The molecule has 2 heterocycles. The van der Waals surface area contributed by atoms with E-state index < -0.39 is 5.97 Å². The molecular formula is C24H24N2O4S. The summed E-state index contributed by atoms with van der Waals surface area (Å²) in [6, 6.07) is 8.90. The molecule has 0 saturated heterocycles. The molecule has 1 N–H and O–H groups in total. The second kappa shape index (κ2) is 8.51. The maximum absolute atomic E-state index is 12.1. The molecule has 1 aliphatic carbocycles. The van der Waals surface area contributed by atoms with Gasteiger partial charge < -0.3 is 14.4 Å². The number of carboxylic acids is 1. The Balaban J connectivity index is 1.69. The molecule has 0 unspecified atom stereocenters. The SMILES string of the molecule is COC(=O)c1ccc(N=Cc2cc(C)n(-c3sc4c(c3C(=O)O)CCCC4)c2C)cc1. The molecule has 0 atom stereocenters. The van der Waals surface area contributed by atoms with E-state index >= 15 is 0 Å². The number of carbonyl (C=O) groups excluding carboxylic acids is 1. The monoisotopic (exact) mass is 436 g/mol. The summed E-state index contributed by atoms with van der Waals surface area (Å²) in [4.78, 5) is 29.4. The van der Waals surface area contributed by atoms with Gasteiger partial charge in [0.1, 0.15) is 5.00 Å². The number of aliphatic imine (C=N–C) groups is 1. The largest absolute Gasteiger partial charge is 0.478 e. The fraction of sp³-hybridized carbons (Fsp3) is 0.292. The molecule has 31 heavy (non-hydrogen) atoms. The fourth-order valence-corrected chi connectivity index (χ4v) is 5.60. The van der Waals surface area contributed by atoms with Gasteiger partial charge in [-0.25, -0.2) is 9.59 Å². The minimum atomic E-state index is -0.859. The van der Waals surface area contributed by atoms with E-state index in [2.05, 4.69) is 4.99 Å². The van der Waals surface area contributed by atoms with Gasteiger partial charge in [-0.05, 0) is 75.4 Å². The predicted molar refractivity (Wildman–Crippen MR) is 122 cm³/mol. The van der Waals surface area contributed by atoms with Gasteiger partial charge in [-0.2, -0.15) is 0 Å². The first-order valence-electron chi connectivity index (χ1n) is 10.2. The van der Waals surface area contributed by atoms with E-state index in [1.165, 1.54) is 12.0 Å². The van der Waals surface area contributed by atoms with Gasteiger partial charge in [-0.1, -0.05) is 0 Å². The number of aromatic nitrogens is 1. The molecule has 4 rings (SSSR count). The van der Waals surface area contributed by atoms with Gasteiger partial charge in [-0.15, -0.1) is 11.3 Å². The van der Waals surface area contributed by atoms with Gasteiger partial charge in [-0.3, -0.25) is 4.99 Å². The van der Waals surface area contributed by atoms with E-state index in [0.717, 1.165) is 58.9 Å². The number of rotatable bonds is 5. The number of carboxylic acid groups (broad SMARTS) is 1. The van der Waals surface area contributed by atoms with Crippen LogP contribution in [0, 0.1) is 13.8 Å². The first-order chi connectivity index (χ1) is 14.9. The van der Waals surface area contributed by atoms with E-state index in [0.29, 0.717) is 11.1 Å². The zero-order valence-corrected chi connectivity index (χ0v) is 18.6. The Morgan fingerprint density at radius 2 is 1.87 bits per heavy atom. The number of hydrogen-bond donors (Lipinski definition) is 1. The van der Waals surface area contributed by atoms with Crippen molar-refractivity contribution in [1.29, 1.82) is 0 Å². The van der Waals surface area contributed by atoms with Crippen molar-refractivity contribution in [3.05, 3.63) is 68.9 Å². The van der Waals surface area contributed by atoms with Gasteiger partial charge in [0.15, 0.2) is 0 Å². The van der Waals surface area contributed by atoms with Crippen LogP contribution in [0.1, 0.15) is 60.9 Å². The topological polar surface area (TPSA) is 80.9 Å². The number of aromatic carboxylic acids is 1. The lowest BCUT2D eigenvalue weighted by molar-refractivity contribution is 0.0599. The Morgan fingerprint density at radius 1 is 1.16 bits per heavy atom. The van der Waals surface area contributed by atoms with E-state index in [9.17, 15) is 14.7 Å². The van der Waals surface area contributed by atoms with Crippen LogP contribution in [0.25, 0.3) is 5.00 Å². The summed E-state index contributed by atoms with van der Waals surface area (Å²) in [5.74, 6) is -1.24. The second-order valence-electron chi connectivity index (χ2n) is 7.65. The maximum Gasteiger partial charge on any atom is 0.339 e. The molecule has 0 aliphatic heterocycles. The highest BCUT2D eigenvalue weighted by atomic mass is 32.1. The van der Waals surface area contributed by atoms with Crippen molar-refractivity contribution in [2.75, 3.05) is 7.11 Å². The van der Waals surface area contributed by atoms with Crippen molar-refractivity contribution in [1.82, 2.24) is 4.57 Å². The smallest absolute Gasteiger partial charge is 0.339 e. The van der Waals surface area contributed by atoms with Gasteiger partial charge >= 0.3 is 11.9 Å². The molecular weight excluding hydrogens is 412 g/mol. The van der Waals surface area contributed by atoms with Crippen LogP contribution in [-0.2, 0) is 17.6 Å². The molecule has 1 aliphatic rings. The summed E-state index contributed by atoms with van der Waals surface area (Å²) in [6.45, 7) is 3.97. The van der Waals surface area contributed by atoms with Gasteiger partial charge in [0.2, 0.25) is 0 Å². The average molecular weight is 437 g/mol. The number of hydrogen-bond acceptors (Lipinski definition) is 5. The van der Waals surface area contributed by atoms with Crippen LogP contribution in [0.15, 0.2) is 35.3 Å². The third-order valence-corrected chi connectivity index (χ3v) is 6.96. The molecule has 2 aromatic heterocycles. The van der Waals surface area contributed by atoms with E-state index in [1.54, 1.807) is 41.8 Å². The minimum absolute atomic E-state index is 0.382. The quantitative estimate of drug-likeness (QED) is 0.436. The summed E-state index contributed by atoms with van der Waals surface area (Å²) >= 11 is 1.60. The number of aryl methyl sites for hydroxylation is 2. The van der Waals surface area contributed by atoms with Crippen LogP contribution in [0.5, 0.6) is 0 Å². The number of methoxy groups -OCH3 is 1. The van der Waals surface area contributed by atoms with Crippen LogP contribution in [0.4, 0.5) is 5.69 Å². The normalized spacial score (nSPS) is 13.4. The number of esters is 1. The van der Waals surface area contributed by atoms with Crippen LogP contribution in [0.3, 0.4) is 0 Å².